The highest BCUT2D eigenvalue weighted by Crippen LogP contribution is 2.21. The third-order valence-electron chi connectivity index (χ3n) is 4.30. The number of hydrogen-bond donors (Lipinski definition) is 2. The Hall–Kier alpha value is -3.65. The highest BCUT2D eigenvalue weighted by molar-refractivity contribution is 7.92. The Morgan fingerprint density at radius 1 is 0.929 bits per heavy atom. The molecule has 0 unspecified atom stereocenters. The summed E-state index contributed by atoms with van der Waals surface area (Å²) in [5.41, 5.74) is 8.55. The first-order valence-electron chi connectivity index (χ1n) is 8.39. The summed E-state index contributed by atoms with van der Waals surface area (Å²) < 4.78 is 29.5. The summed E-state index contributed by atoms with van der Waals surface area (Å²) in [5, 5.41) is 0. The highest BCUT2D eigenvalue weighted by Gasteiger charge is 2.15. The van der Waals surface area contributed by atoms with Crippen molar-refractivity contribution in [1.82, 2.24) is 9.55 Å². The van der Waals surface area contributed by atoms with Gasteiger partial charge in [0, 0.05) is 16.9 Å². The lowest BCUT2D eigenvalue weighted by molar-refractivity contribution is 0.1000. The zero-order valence-corrected chi connectivity index (χ0v) is 15.4. The van der Waals surface area contributed by atoms with Gasteiger partial charge in [0.2, 0.25) is 5.91 Å². The van der Waals surface area contributed by atoms with Crippen molar-refractivity contribution >= 4 is 32.7 Å². The van der Waals surface area contributed by atoms with Crippen molar-refractivity contribution in [3.63, 3.8) is 0 Å². The van der Waals surface area contributed by atoms with E-state index in [1.54, 1.807) is 18.5 Å². The first kappa shape index (κ1) is 17.7. The van der Waals surface area contributed by atoms with Crippen LogP contribution in [0.3, 0.4) is 0 Å². The van der Waals surface area contributed by atoms with Crippen LogP contribution in [0.25, 0.3) is 16.7 Å². The first-order chi connectivity index (χ1) is 13.4. The number of sulfonamides is 1. The minimum Gasteiger partial charge on any atom is -0.366 e. The lowest BCUT2D eigenvalue weighted by Gasteiger charge is -2.10. The molecule has 7 nitrogen and oxygen atoms in total. The van der Waals surface area contributed by atoms with Gasteiger partial charge >= 0.3 is 0 Å². The molecule has 1 amide bonds. The number of carbonyl (C=O) groups is 1. The topological polar surface area (TPSA) is 107 Å². The zero-order chi connectivity index (χ0) is 19.7. The number of imidazole rings is 1. The van der Waals surface area contributed by atoms with Crippen LogP contribution >= 0.6 is 0 Å². The van der Waals surface area contributed by atoms with Gasteiger partial charge in [-0.2, -0.15) is 0 Å². The Balaban J connectivity index is 1.58. The minimum atomic E-state index is -3.78. The summed E-state index contributed by atoms with van der Waals surface area (Å²) in [7, 11) is -3.78. The molecule has 0 radical (unpaired) electrons. The number of rotatable bonds is 5. The molecule has 0 fully saturated rings. The van der Waals surface area contributed by atoms with E-state index in [0.717, 1.165) is 16.7 Å². The molecule has 0 aliphatic heterocycles. The van der Waals surface area contributed by atoms with Gasteiger partial charge in [-0.25, -0.2) is 13.4 Å². The van der Waals surface area contributed by atoms with Crippen LogP contribution in [0.15, 0.2) is 84.0 Å². The van der Waals surface area contributed by atoms with Crippen LogP contribution in [0.5, 0.6) is 0 Å². The first-order valence-corrected chi connectivity index (χ1v) is 9.87. The van der Waals surface area contributed by atoms with Crippen molar-refractivity contribution in [3.05, 3.63) is 84.7 Å². The third-order valence-corrected chi connectivity index (χ3v) is 5.70. The molecule has 0 aliphatic carbocycles. The molecule has 1 heterocycles. The van der Waals surface area contributed by atoms with Crippen LogP contribution in [0.4, 0.5) is 5.69 Å². The Labute approximate surface area is 161 Å². The fraction of sp³-hybridized carbons (Fsp3) is 0. The maximum atomic E-state index is 12.5. The second-order valence-electron chi connectivity index (χ2n) is 6.14. The highest BCUT2D eigenvalue weighted by atomic mass is 32.2. The van der Waals surface area contributed by atoms with Crippen LogP contribution in [0.2, 0.25) is 0 Å². The number of benzene rings is 3. The monoisotopic (exact) mass is 392 g/mol. The summed E-state index contributed by atoms with van der Waals surface area (Å²) >= 11 is 0. The van der Waals surface area contributed by atoms with Gasteiger partial charge in [-0.05, 0) is 60.7 Å². The van der Waals surface area contributed by atoms with Crippen molar-refractivity contribution < 1.29 is 13.2 Å². The van der Waals surface area contributed by atoms with Gasteiger partial charge in [-0.1, -0.05) is 12.1 Å². The van der Waals surface area contributed by atoms with Crippen molar-refractivity contribution in [3.8, 4) is 5.69 Å². The number of fused-ring (bicyclic) bond motifs is 1. The van der Waals surface area contributed by atoms with E-state index in [-0.39, 0.29) is 10.5 Å². The predicted molar refractivity (Wildman–Crippen MR) is 107 cm³/mol. The number of nitrogens with one attached hydrogen (secondary N) is 1. The Bertz CT molecular complexity index is 1260. The third kappa shape index (κ3) is 3.33. The molecule has 0 bridgehead atoms. The van der Waals surface area contributed by atoms with Gasteiger partial charge in [0.05, 0.1) is 15.9 Å². The Morgan fingerprint density at radius 2 is 1.61 bits per heavy atom. The van der Waals surface area contributed by atoms with E-state index >= 15 is 0 Å². The molecular formula is C20H16N4O3S. The maximum absolute atomic E-state index is 12.5. The lowest BCUT2D eigenvalue weighted by Crippen LogP contribution is -2.14. The van der Waals surface area contributed by atoms with Crippen LogP contribution in [0, 0.1) is 0 Å². The molecule has 1 aromatic heterocycles. The summed E-state index contributed by atoms with van der Waals surface area (Å²) in [6.07, 6.45) is 1.73. The largest absolute Gasteiger partial charge is 0.366 e. The van der Waals surface area contributed by atoms with Crippen LogP contribution in [0.1, 0.15) is 10.4 Å². The fourth-order valence-electron chi connectivity index (χ4n) is 2.87. The average Bonchev–Trinajstić information content (AvgIpc) is 3.12. The molecule has 3 N–H and O–H groups in total. The van der Waals surface area contributed by atoms with Gasteiger partial charge in [0.1, 0.15) is 6.33 Å². The summed E-state index contributed by atoms with van der Waals surface area (Å²) in [5.74, 6) is -0.612. The van der Waals surface area contributed by atoms with E-state index in [1.165, 1.54) is 24.3 Å². The molecule has 8 heteroatoms. The van der Waals surface area contributed by atoms with Crippen molar-refractivity contribution in [2.24, 2.45) is 5.73 Å². The SMILES string of the molecule is NC(=O)c1ccc(S(=O)(=O)Nc2ccc(-n3cnc4ccccc43)cc2)cc1. The lowest BCUT2D eigenvalue weighted by atomic mass is 10.2. The zero-order valence-electron chi connectivity index (χ0n) is 14.6. The van der Waals surface area contributed by atoms with Gasteiger partial charge < -0.3 is 5.73 Å². The van der Waals surface area contributed by atoms with E-state index in [0.29, 0.717) is 5.69 Å². The van der Waals surface area contributed by atoms with Crippen molar-refractivity contribution in [2.75, 3.05) is 4.72 Å². The molecule has 140 valence electrons. The number of carbonyl (C=O) groups excluding carboxylic acids is 1. The Kier molecular flexibility index (Phi) is 4.32. The number of para-hydroxylation sites is 2. The summed E-state index contributed by atoms with van der Waals surface area (Å²) in [4.78, 5) is 15.5. The molecular weight excluding hydrogens is 376 g/mol. The van der Waals surface area contributed by atoms with Gasteiger partial charge in [-0.15, -0.1) is 0 Å². The number of nitrogens with two attached hydrogens (primary N) is 1. The van der Waals surface area contributed by atoms with E-state index in [1.807, 2.05) is 41.0 Å². The Morgan fingerprint density at radius 3 is 2.29 bits per heavy atom. The molecule has 0 aliphatic rings. The van der Waals surface area contributed by atoms with Crippen LogP contribution < -0.4 is 10.5 Å². The molecule has 4 rings (SSSR count). The van der Waals surface area contributed by atoms with Crippen molar-refractivity contribution in [2.45, 2.75) is 4.90 Å². The second-order valence-corrected chi connectivity index (χ2v) is 7.83. The normalized spacial score (nSPS) is 11.4. The van der Waals surface area contributed by atoms with Crippen LogP contribution in [-0.4, -0.2) is 23.9 Å². The summed E-state index contributed by atoms with van der Waals surface area (Å²) in [6.45, 7) is 0. The number of amides is 1. The molecule has 0 atom stereocenters. The standard InChI is InChI=1S/C20H16N4O3S/c21-20(25)14-5-11-17(12-6-14)28(26,27)23-15-7-9-16(10-8-15)24-13-22-18-3-1-2-4-19(18)24/h1-13,23H,(H2,21,25). The predicted octanol–water partition coefficient (Wildman–Crippen LogP) is 2.93. The maximum Gasteiger partial charge on any atom is 0.261 e. The van der Waals surface area contributed by atoms with Gasteiger partial charge in [0.25, 0.3) is 10.0 Å². The quantitative estimate of drug-likeness (QED) is 0.544. The number of nitrogens with zero attached hydrogens (tertiary/aromatic N) is 2. The summed E-state index contributed by atoms with van der Waals surface area (Å²) in [6, 6.07) is 20.2. The number of primary amides is 1. The molecule has 0 saturated heterocycles. The molecule has 3 aromatic carbocycles. The number of anilines is 1. The molecule has 0 spiro atoms. The van der Waals surface area contributed by atoms with Crippen molar-refractivity contribution in [1.29, 1.82) is 0 Å². The minimum absolute atomic E-state index is 0.0437. The fourth-order valence-corrected chi connectivity index (χ4v) is 3.93. The molecule has 4 aromatic rings. The average molecular weight is 392 g/mol. The second kappa shape index (κ2) is 6.82. The van der Waals surface area contributed by atoms with E-state index in [9.17, 15) is 13.2 Å². The number of aromatic nitrogens is 2. The molecule has 28 heavy (non-hydrogen) atoms. The van der Waals surface area contributed by atoms with Crippen LogP contribution in [-0.2, 0) is 10.0 Å². The van der Waals surface area contributed by atoms with Gasteiger partial charge in [0.15, 0.2) is 0 Å². The van der Waals surface area contributed by atoms with E-state index < -0.39 is 15.9 Å². The van der Waals surface area contributed by atoms with E-state index in [4.69, 9.17) is 5.73 Å². The smallest absolute Gasteiger partial charge is 0.261 e. The van der Waals surface area contributed by atoms with E-state index in [2.05, 4.69) is 9.71 Å². The molecule has 0 saturated carbocycles. The van der Waals surface area contributed by atoms with Gasteiger partial charge in [-0.3, -0.25) is 14.1 Å². The number of hydrogen-bond acceptors (Lipinski definition) is 4.